The number of phosphoric ester groups is 1. The lowest BCUT2D eigenvalue weighted by Crippen LogP contribution is -2.53. The van der Waals surface area contributed by atoms with E-state index in [1.807, 2.05) is 97.1 Å². The highest BCUT2D eigenvalue weighted by molar-refractivity contribution is 7.48. The zero-order chi connectivity index (χ0) is 35.1. The number of phosphoric acid groups is 1. The topological polar surface area (TPSA) is 102 Å². The van der Waals surface area contributed by atoms with Gasteiger partial charge in [0, 0.05) is 12.1 Å². The fraction of sp³-hybridized carbons (Fsp3) is 0.205. The number of benzene rings is 5. The normalized spacial score (nSPS) is 15.6. The number of ether oxygens (including phenoxy) is 4. The number of carbonyl (C=O) groups is 1. The molecule has 1 amide bonds. The summed E-state index contributed by atoms with van der Waals surface area (Å²) in [5, 5.41) is 0. The lowest BCUT2D eigenvalue weighted by Gasteiger charge is -2.48. The van der Waals surface area contributed by atoms with Crippen molar-refractivity contribution >= 4 is 19.4 Å². The van der Waals surface area contributed by atoms with E-state index in [2.05, 4.69) is 0 Å². The van der Waals surface area contributed by atoms with Crippen molar-refractivity contribution in [1.29, 1.82) is 0 Å². The van der Waals surface area contributed by atoms with Gasteiger partial charge in [-0.3, -0.25) is 13.8 Å². The van der Waals surface area contributed by atoms with Crippen molar-refractivity contribution < 1.29 is 41.9 Å². The van der Waals surface area contributed by atoms with Gasteiger partial charge in [-0.1, -0.05) is 97.1 Å². The fourth-order valence-corrected chi connectivity index (χ4v) is 7.10. The van der Waals surface area contributed by atoms with E-state index in [0.29, 0.717) is 34.2 Å². The van der Waals surface area contributed by atoms with Crippen LogP contribution in [0.3, 0.4) is 0 Å². The van der Waals surface area contributed by atoms with Gasteiger partial charge in [-0.05, 0) is 34.4 Å². The predicted octanol–water partition coefficient (Wildman–Crippen LogP) is 8.51. The van der Waals surface area contributed by atoms with Crippen molar-refractivity contribution in [2.75, 3.05) is 33.3 Å². The number of nitrogens with zero attached hydrogens (tertiary/aromatic N) is 1. The van der Waals surface area contributed by atoms with Gasteiger partial charge in [0.25, 0.3) is 0 Å². The van der Waals surface area contributed by atoms with Crippen molar-refractivity contribution in [3.63, 3.8) is 0 Å². The van der Waals surface area contributed by atoms with Gasteiger partial charge in [0.15, 0.2) is 23.0 Å². The maximum atomic E-state index is 14.4. The lowest BCUT2D eigenvalue weighted by atomic mass is 9.77. The summed E-state index contributed by atoms with van der Waals surface area (Å²) in [6, 6.07) is 36.4. The Morgan fingerprint density at radius 3 is 1.60 bits per heavy atom. The Bertz CT molecular complexity index is 1880. The smallest absolute Gasteiger partial charge is 0.493 e. The number of anilines is 1. The highest BCUT2D eigenvalue weighted by Gasteiger charge is 2.50. The molecule has 0 radical (unpaired) electrons. The first kappa shape index (κ1) is 34.6. The van der Waals surface area contributed by atoms with Gasteiger partial charge in [0.05, 0.1) is 59.3 Å². The van der Waals surface area contributed by atoms with Gasteiger partial charge >= 0.3 is 7.82 Å². The Hall–Kier alpha value is -5.28. The van der Waals surface area contributed by atoms with E-state index in [1.165, 1.54) is 28.4 Å². The summed E-state index contributed by atoms with van der Waals surface area (Å²) in [6.45, 7) is -0.0337. The molecule has 0 aromatic heterocycles. The Kier molecular flexibility index (Phi) is 10.7. The second kappa shape index (κ2) is 15.5. The molecule has 50 heavy (non-hydrogen) atoms. The third-order valence-electron chi connectivity index (χ3n) is 8.39. The zero-order valence-electron chi connectivity index (χ0n) is 28.2. The molecule has 1 heterocycles. The minimum absolute atomic E-state index is 0.0168. The molecule has 0 spiro atoms. The first-order valence-electron chi connectivity index (χ1n) is 15.9. The van der Waals surface area contributed by atoms with E-state index < -0.39 is 19.8 Å². The molecule has 11 heteroatoms. The molecule has 2 atom stereocenters. The van der Waals surface area contributed by atoms with Crippen LogP contribution >= 0.6 is 7.82 Å². The van der Waals surface area contributed by atoms with Crippen molar-refractivity contribution in [2.24, 2.45) is 0 Å². The van der Waals surface area contributed by atoms with Crippen LogP contribution in [0.4, 0.5) is 5.69 Å². The van der Waals surface area contributed by atoms with Gasteiger partial charge < -0.3 is 28.4 Å². The summed E-state index contributed by atoms with van der Waals surface area (Å²) < 4.78 is 54.7. The monoisotopic (exact) mass is 695 g/mol. The minimum atomic E-state index is -4.25. The average molecular weight is 696 g/mol. The van der Waals surface area contributed by atoms with Crippen molar-refractivity contribution in [3.05, 3.63) is 144 Å². The predicted molar refractivity (Wildman–Crippen MR) is 189 cm³/mol. The molecule has 0 N–H and O–H groups in total. The highest BCUT2D eigenvalue weighted by atomic mass is 31.2. The molecule has 0 unspecified atom stereocenters. The summed E-state index contributed by atoms with van der Waals surface area (Å²) >= 11 is 0. The van der Waals surface area contributed by atoms with Crippen LogP contribution in [0.1, 0.15) is 34.2 Å². The number of hydrogen-bond acceptors (Lipinski definition) is 9. The van der Waals surface area contributed by atoms with Crippen LogP contribution in [0.5, 0.6) is 28.7 Å². The van der Waals surface area contributed by atoms with Crippen molar-refractivity contribution in [1.82, 2.24) is 0 Å². The maximum Gasteiger partial charge on any atom is 0.530 e. The molecular weight excluding hydrogens is 657 g/mol. The van der Waals surface area contributed by atoms with E-state index >= 15 is 0 Å². The molecule has 5 aromatic rings. The lowest BCUT2D eigenvalue weighted by molar-refractivity contribution is -0.126. The number of methoxy groups -OCH3 is 4. The first-order chi connectivity index (χ1) is 24.4. The van der Waals surface area contributed by atoms with Gasteiger partial charge in [-0.15, -0.1) is 0 Å². The summed E-state index contributed by atoms with van der Waals surface area (Å²) in [7, 11) is 1.81. The van der Waals surface area contributed by atoms with Gasteiger partial charge in [-0.25, -0.2) is 4.57 Å². The number of hydrogen-bond donors (Lipinski definition) is 0. The van der Waals surface area contributed by atoms with Crippen LogP contribution in [0, 0.1) is 0 Å². The summed E-state index contributed by atoms with van der Waals surface area (Å²) in [4.78, 5) is 15.7. The van der Waals surface area contributed by atoms with Gasteiger partial charge in [0.2, 0.25) is 11.7 Å². The molecule has 6 rings (SSSR count). The van der Waals surface area contributed by atoms with Crippen LogP contribution in [0.2, 0.25) is 0 Å². The molecule has 5 aromatic carbocycles. The number of carbonyl (C=O) groups excluding carboxylic acids is 1. The molecule has 0 bridgehead atoms. The quantitative estimate of drug-likeness (QED) is 0.0788. The van der Waals surface area contributed by atoms with Crippen LogP contribution in [-0.4, -0.2) is 34.3 Å². The summed E-state index contributed by atoms with van der Waals surface area (Å²) in [5.74, 6) is 0.991. The summed E-state index contributed by atoms with van der Waals surface area (Å²) in [5.41, 5.74) is 3.66. The van der Waals surface area contributed by atoms with Crippen molar-refractivity contribution in [2.45, 2.75) is 25.2 Å². The van der Waals surface area contributed by atoms with E-state index in [1.54, 1.807) is 29.2 Å². The Morgan fingerprint density at radius 2 is 1.10 bits per heavy atom. The zero-order valence-corrected chi connectivity index (χ0v) is 29.1. The highest BCUT2D eigenvalue weighted by Crippen LogP contribution is 2.56. The largest absolute Gasteiger partial charge is 0.530 e. The minimum Gasteiger partial charge on any atom is -0.493 e. The number of β-lactam (4-membered cyclic amide) rings is 1. The van der Waals surface area contributed by atoms with E-state index in [-0.39, 0.29) is 24.9 Å². The Labute approximate surface area is 291 Å². The fourth-order valence-electron chi connectivity index (χ4n) is 5.92. The van der Waals surface area contributed by atoms with Gasteiger partial charge in [-0.2, -0.15) is 0 Å². The molecular formula is C39H38NO9P. The third kappa shape index (κ3) is 7.33. The molecule has 0 saturated carbocycles. The van der Waals surface area contributed by atoms with E-state index in [4.69, 9.17) is 32.5 Å². The third-order valence-corrected chi connectivity index (χ3v) is 9.70. The molecule has 1 fully saturated rings. The molecule has 0 aliphatic carbocycles. The Morgan fingerprint density at radius 1 is 0.580 bits per heavy atom. The average Bonchev–Trinajstić information content (AvgIpc) is 3.16. The van der Waals surface area contributed by atoms with Gasteiger partial charge in [0.1, 0.15) is 0 Å². The molecule has 1 aliphatic rings. The van der Waals surface area contributed by atoms with E-state index in [9.17, 15) is 9.36 Å². The van der Waals surface area contributed by atoms with Crippen LogP contribution < -0.4 is 28.4 Å². The molecule has 1 aliphatic heterocycles. The molecule has 10 nitrogen and oxygen atoms in total. The second-order valence-corrected chi connectivity index (χ2v) is 13.0. The first-order valence-corrected chi connectivity index (χ1v) is 17.4. The Balaban J connectivity index is 1.39. The van der Waals surface area contributed by atoms with Crippen LogP contribution in [0.15, 0.2) is 121 Å². The summed E-state index contributed by atoms with van der Waals surface area (Å²) in [6.07, 6.45) is 0. The number of amides is 1. The van der Waals surface area contributed by atoms with E-state index in [0.717, 1.165) is 16.7 Å². The maximum absolute atomic E-state index is 14.4. The van der Waals surface area contributed by atoms with Crippen LogP contribution in [-0.2, 0) is 31.6 Å². The second-order valence-electron chi connectivity index (χ2n) is 11.4. The number of rotatable bonds is 15. The SMILES string of the molecule is COc1ccc([C@H]2[C@H](c3ccccc3)C(=O)N2c2cc(OC)c(OC)c(OC)c2)cc1OP(=O)(OCc1ccccc1)OCc1ccccc1. The van der Waals surface area contributed by atoms with Crippen molar-refractivity contribution in [3.8, 4) is 28.7 Å². The molecule has 258 valence electrons. The van der Waals surface area contributed by atoms with Crippen LogP contribution in [0.25, 0.3) is 0 Å². The molecule has 1 saturated heterocycles. The standard InChI is InChI=1S/C39H38NO9P/c1-43-32-21-20-30(22-33(32)49-50(42,47-25-27-14-8-5-9-15-27)48-26-28-16-10-6-11-17-28)37-36(29-18-12-7-13-19-29)39(41)40(37)31-23-34(44-2)38(46-4)35(24-31)45-3/h5-24,36-37H,25-26H2,1-4H3/t36-,37-/m0/s1.